The van der Waals surface area contributed by atoms with Crippen LogP contribution in [0.3, 0.4) is 0 Å². The summed E-state index contributed by atoms with van der Waals surface area (Å²) in [6, 6.07) is 4.05. The van der Waals surface area contributed by atoms with Crippen molar-refractivity contribution >= 4 is 39.1 Å². The maximum absolute atomic E-state index is 12.9. The second-order valence-corrected chi connectivity index (χ2v) is 7.23. The van der Waals surface area contributed by atoms with Crippen molar-refractivity contribution < 1.29 is 24.2 Å². The Balaban J connectivity index is 1.97. The number of aromatic nitrogens is 2. The average molecular weight is 417 g/mol. The molecule has 152 valence electrons. The van der Waals surface area contributed by atoms with E-state index in [-0.39, 0.29) is 10.3 Å². The van der Waals surface area contributed by atoms with Crippen molar-refractivity contribution in [3.63, 3.8) is 0 Å². The second-order valence-electron chi connectivity index (χ2n) is 6.23. The van der Waals surface area contributed by atoms with Crippen LogP contribution in [0.5, 0.6) is 11.5 Å². The van der Waals surface area contributed by atoms with Crippen LogP contribution in [0.25, 0.3) is 10.2 Å². The minimum Gasteiger partial charge on any atom is -0.497 e. The Bertz CT molecular complexity index is 1170. The smallest absolute Gasteiger partial charge is 0.346 e. The number of fused-ring (bicyclic) bond motifs is 1. The number of carbonyl (C=O) groups excluding carboxylic acids is 1. The van der Waals surface area contributed by atoms with Gasteiger partial charge in [-0.05, 0) is 31.5 Å². The highest BCUT2D eigenvalue weighted by molar-refractivity contribution is 7.20. The van der Waals surface area contributed by atoms with Gasteiger partial charge in [-0.2, -0.15) is 0 Å². The molecule has 0 saturated carbocycles. The van der Waals surface area contributed by atoms with Crippen molar-refractivity contribution in [3.05, 3.63) is 45.3 Å². The van der Waals surface area contributed by atoms with E-state index in [1.165, 1.54) is 25.1 Å². The van der Waals surface area contributed by atoms with Crippen LogP contribution < -0.4 is 20.3 Å². The summed E-state index contributed by atoms with van der Waals surface area (Å²) in [6.07, 6.45) is 1.25. The van der Waals surface area contributed by atoms with Gasteiger partial charge in [0.2, 0.25) is 5.91 Å². The third-order valence-corrected chi connectivity index (χ3v) is 5.72. The zero-order valence-corrected chi connectivity index (χ0v) is 17.0. The molecule has 0 fully saturated rings. The molecule has 29 heavy (non-hydrogen) atoms. The molecule has 0 spiro atoms. The molecule has 1 unspecified atom stereocenters. The van der Waals surface area contributed by atoms with E-state index in [0.29, 0.717) is 27.6 Å². The number of anilines is 1. The van der Waals surface area contributed by atoms with E-state index in [9.17, 15) is 19.5 Å². The Morgan fingerprint density at radius 1 is 1.28 bits per heavy atom. The fourth-order valence-electron chi connectivity index (χ4n) is 2.89. The van der Waals surface area contributed by atoms with Crippen molar-refractivity contribution in [2.45, 2.75) is 19.9 Å². The van der Waals surface area contributed by atoms with E-state index in [1.807, 2.05) is 0 Å². The summed E-state index contributed by atoms with van der Waals surface area (Å²) in [5, 5.41) is 12.2. The highest BCUT2D eigenvalue weighted by Gasteiger charge is 2.23. The van der Waals surface area contributed by atoms with Gasteiger partial charge in [-0.3, -0.25) is 14.2 Å². The molecule has 0 aliphatic rings. The monoisotopic (exact) mass is 417 g/mol. The molecule has 2 N–H and O–H groups in total. The van der Waals surface area contributed by atoms with Gasteiger partial charge in [0.1, 0.15) is 27.2 Å². The number of amides is 1. The minimum absolute atomic E-state index is 0.0561. The molecule has 3 rings (SSSR count). The number of carbonyl (C=O) groups is 2. The molecule has 1 aromatic carbocycles. The van der Waals surface area contributed by atoms with Crippen LogP contribution in [0.15, 0.2) is 29.3 Å². The molecule has 0 radical (unpaired) electrons. The first kappa shape index (κ1) is 20.3. The SMILES string of the molecule is COc1ccc(OC)c(NC(=O)C(C)n2cnc3sc(C(=O)O)c(C)c3c2=O)c1. The number of hydrogen-bond donors (Lipinski definition) is 2. The number of benzene rings is 1. The van der Waals surface area contributed by atoms with Crippen LogP contribution in [0.1, 0.15) is 28.2 Å². The first-order chi connectivity index (χ1) is 13.8. The van der Waals surface area contributed by atoms with Crippen LogP contribution in [-0.4, -0.2) is 40.8 Å². The van der Waals surface area contributed by atoms with Gasteiger partial charge in [-0.15, -0.1) is 11.3 Å². The Labute approximate surface area is 169 Å². The van der Waals surface area contributed by atoms with E-state index in [2.05, 4.69) is 10.3 Å². The molecule has 0 saturated heterocycles. The van der Waals surface area contributed by atoms with E-state index < -0.39 is 23.5 Å². The molecular weight excluding hydrogens is 398 g/mol. The number of aryl methyl sites for hydroxylation is 1. The van der Waals surface area contributed by atoms with Gasteiger partial charge in [0.25, 0.3) is 5.56 Å². The number of carboxylic acids is 1. The fraction of sp³-hybridized carbons (Fsp3) is 0.263. The summed E-state index contributed by atoms with van der Waals surface area (Å²) < 4.78 is 11.6. The number of methoxy groups -OCH3 is 2. The zero-order chi connectivity index (χ0) is 21.3. The number of nitrogens with zero attached hydrogens (tertiary/aromatic N) is 2. The van der Waals surface area contributed by atoms with Crippen LogP contribution >= 0.6 is 11.3 Å². The third-order valence-electron chi connectivity index (χ3n) is 4.53. The number of thiophene rings is 1. The molecule has 3 aromatic rings. The maximum Gasteiger partial charge on any atom is 0.346 e. The van der Waals surface area contributed by atoms with Crippen molar-refractivity contribution in [2.75, 3.05) is 19.5 Å². The highest BCUT2D eigenvalue weighted by atomic mass is 32.1. The standard InChI is InChI=1S/C19H19N3O6S/c1-9-14-17(29-15(9)19(25)26)20-8-22(18(14)24)10(2)16(23)21-12-7-11(27-3)5-6-13(12)28-4/h5-8,10H,1-4H3,(H,21,23)(H,25,26). The predicted octanol–water partition coefficient (Wildman–Crippen LogP) is 2.68. The lowest BCUT2D eigenvalue weighted by Gasteiger charge is -2.17. The van der Waals surface area contributed by atoms with Crippen molar-refractivity contribution in [1.82, 2.24) is 9.55 Å². The number of hydrogen-bond acceptors (Lipinski definition) is 7. The largest absolute Gasteiger partial charge is 0.497 e. The molecule has 2 heterocycles. The average Bonchev–Trinajstić information content (AvgIpc) is 3.05. The van der Waals surface area contributed by atoms with Crippen LogP contribution in [0.2, 0.25) is 0 Å². The first-order valence-electron chi connectivity index (χ1n) is 8.54. The fourth-order valence-corrected chi connectivity index (χ4v) is 3.87. The molecule has 0 bridgehead atoms. The van der Waals surface area contributed by atoms with Crippen molar-refractivity contribution in [3.8, 4) is 11.5 Å². The molecular formula is C19H19N3O6S. The van der Waals surface area contributed by atoms with Gasteiger partial charge in [0.15, 0.2) is 0 Å². The number of aromatic carboxylic acids is 1. The quantitative estimate of drug-likeness (QED) is 0.633. The molecule has 9 nitrogen and oxygen atoms in total. The van der Waals surface area contributed by atoms with E-state index in [1.54, 1.807) is 32.0 Å². The van der Waals surface area contributed by atoms with E-state index >= 15 is 0 Å². The van der Waals surface area contributed by atoms with Crippen LogP contribution in [0.4, 0.5) is 5.69 Å². The summed E-state index contributed by atoms with van der Waals surface area (Å²) in [4.78, 5) is 41.6. The first-order valence-corrected chi connectivity index (χ1v) is 9.36. The Kier molecular flexibility index (Phi) is 5.55. The third kappa shape index (κ3) is 3.66. The van der Waals surface area contributed by atoms with Gasteiger partial charge < -0.3 is 19.9 Å². The maximum atomic E-state index is 12.9. The summed E-state index contributed by atoms with van der Waals surface area (Å²) in [7, 11) is 2.98. The number of carboxylic acid groups (broad SMARTS) is 1. The lowest BCUT2D eigenvalue weighted by Crippen LogP contribution is -2.31. The number of nitrogens with one attached hydrogen (secondary N) is 1. The van der Waals surface area contributed by atoms with Crippen LogP contribution in [0, 0.1) is 6.92 Å². The van der Waals surface area contributed by atoms with Gasteiger partial charge in [-0.1, -0.05) is 0 Å². The highest BCUT2D eigenvalue weighted by Crippen LogP contribution is 2.30. The number of rotatable bonds is 6. The zero-order valence-electron chi connectivity index (χ0n) is 16.2. The van der Waals surface area contributed by atoms with Gasteiger partial charge in [0.05, 0.1) is 31.6 Å². The summed E-state index contributed by atoms with van der Waals surface area (Å²) in [6.45, 7) is 3.11. The Morgan fingerprint density at radius 3 is 2.62 bits per heavy atom. The lowest BCUT2D eigenvalue weighted by atomic mass is 10.2. The van der Waals surface area contributed by atoms with E-state index in [0.717, 1.165) is 11.3 Å². The number of ether oxygens (including phenoxy) is 2. The molecule has 1 amide bonds. The topological polar surface area (TPSA) is 120 Å². The van der Waals surface area contributed by atoms with Crippen molar-refractivity contribution in [2.24, 2.45) is 0 Å². The molecule has 10 heteroatoms. The summed E-state index contributed by atoms with van der Waals surface area (Å²) in [5.74, 6) is -0.616. The Morgan fingerprint density at radius 2 is 2.00 bits per heavy atom. The second kappa shape index (κ2) is 7.92. The summed E-state index contributed by atoms with van der Waals surface area (Å²) in [5.41, 5.74) is 0.258. The minimum atomic E-state index is -1.12. The van der Waals surface area contributed by atoms with Gasteiger partial charge in [-0.25, -0.2) is 9.78 Å². The Hall–Kier alpha value is -3.40. The van der Waals surface area contributed by atoms with E-state index in [4.69, 9.17) is 9.47 Å². The van der Waals surface area contributed by atoms with Crippen molar-refractivity contribution in [1.29, 1.82) is 0 Å². The van der Waals surface area contributed by atoms with Gasteiger partial charge in [0, 0.05) is 6.07 Å². The predicted molar refractivity (Wildman–Crippen MR) is 108 cm³/mol. The summed E-state index contributed by atoms with van der Waals surface area (Å²) >= 11 is 0.932. The molecule has 2 aromatic heterocycles. The molecule has 1 atom stereocenters. The normalized spacial score (nSPS) is 11.9. The van der Waals surface area contributed by atoms with Gasteiger partial charge >= 0.3 is 5.97 Å². The lowest BCUT2D eigenvalue weighted by molar-refractivity contribution is -0.118. The molecule has 0 aliphatic heterocycles. The molecule has 0 aliphatic carbocycles. The van der Waals surface area contributed by atoms with Crippen LogP contribution in [-0.2, 0) is 4.79 Å².